The molecule has 1 aliphatic rings. The second kappa shape index (κ2) is 4.84. The van der Waals surface area contributed by atoms with E-state index in [2.05, 4.69) is 5.32 Å². The van der Waals surface area contributed by atoms with E-state index in [4.69, 9.17) is 5.11 Å². The van der Waals surface area contributed by atoms with Crippen molar-refractivity contribution in [3.8, 4) is 0 Å². The van der Waals surface area contributed by atoms with Crippen LogP contribution in [0.3, 0.4) is 0 Å². The van der Waals surface area contributed by atoms with Crippen molar-refractivity contribution in [1.29, 1.82) is 0 Å². The van der Waals surface area contributed by atoms with Crippen LogP contribution in [0.2, 0.25) is 0 Å². The van der Waals surface area contributed by atoms with Crippen molar-refractivity contribution in [2.45, 2.75) is 25.2 Å². The maximum Gasteiger partial charge on any atom is 0.335 e. The van der Waals surface area contributed by atoms with Crippen LogP contribution in [0.4, 0.5) is 5.69 Å². The number of sulfone groups is 1. The van der Waals surface area contributed by atoms with Crippen molar-refractivity contribution < 1.29 is 23.1 Å². The molecule has 1 fully saturated rings. The van der Waals surface area contributed by atoms with Crippen molar-refractivity contribution in [2.75, 3.05) is 11.6 Å². The predicted molar refractivity (Wildman–Crippen MR) is 77.0 cm³/mol. The molecular weight excluding hydrogens is 294 g/mol. The number of benzene rings is 1. The van der Waals surface area contributed by atoms with Gasteiger partial charge in [-0.2, -0.15) is 0 Å². The molecule has 0 saturated heterocycles. The van der Waals surface area contributed by atoms with Crippen molar-refractivity contribution in [2.24, 2.45) is 11.3 Å². The topological polar surface area (TPSA) is 101 Å². The first kappa shape index (κ1) is 15.5. The van der Waals surface area contributed by atoms with Crippen LogP contribution in [-0.4, -0.2) is 31.7 Å². The Morgan fingerprint density at radius 3 is 2.29 bits per heavy atom. The fraction of sp³-hybridized carbons (Fsp3) is 0.429. The summed E-state index contributed by atoms with van der Waals surface area (Å²) in [5.74, 6) is -1.60. The number of hydrogen-bond donors (Lipinski definition) is 2. The average molecular weight is 311 g/mol. The molecule has 1 atom stereocenters. The summed E-state index contributed by atoms with van der Waals surface area (Å²) in [6.45, 7) is 3.93. The highest BCUT2D eigenvalue weighted by Crippen LogP contribution is 2.52. The van der Waals surface area contributed by atoms with Crippen molar-refractivity contribution in [3.63, 3.8) is 0 Å². The first-order valence-electron chi connectivity index (χ1n) is 6.40. The highest BCUT2D eigenvalue weighted by atomic mass is 32.2. The first-order valence-corrected chi connectivity index (χ1v) is 8.29. The van der Waals surface area contributed by atoms with Crippen LogP contribution in [-0.2, 0) is 14.6 Å². The standard InChI is InChI=1S/C14H17NO5S/c1-14(2)7-11(14)12(16)15-9-4-8(13(17)18)5-10(6-9)21(3,19)20/h4-6,11H,7H2,1-3H3,(H,15,16)(H,17,18). The second-order valence-electron chi connectivity index (χ2n) is 6.06. The van der Waals surface area contributed by atoms with Gasteiger partial charge in [-0.05, 0) is 30.0 Å². The normalized spacial score (nSPS) is 19.9. The lowest BCUT2D eigenvalue weighted by Crippen LogP contribution is -2.17. The van der Waals surface area contributed by atoms with Gasteiger partial charge in [0.2, 0.25) is 5.91 Å². The fourth-order valence-corrected chi connectivity index (χ4v) is 2.83. The van der Waals surface area contributed by atoms with Gasteiger partial charge < -0.3 is 10.4 Å². The van der Waals surface area contributed by atoms with E-state index in [0.717, 1.165) is 18.7 Å². The Bertz CT molecular complexity index is 721. The third kappa shape index (κ3) is 3.41. The number of amides is 1. The molecule has 1 saturated carbocycles. The summed E-state index contributed by atoms with van der Waals surface area (Å²) in [5.41, 5.74) is -0.0555. The molecule has 0 radical (unpaired) electrons. The summed E-state index contributed by atoms with van der Waals surface area (Å²) in [6, 6.07) is 3.60. The molecule has 1 amide bonds. The number of anilines is 1. The van der Waals surface area contributed by atoms with E-state index >= 15 is 0 Å². The van der Waals surface area contributed by atoms with E-state index in [1.165, 1.54) is 12.1 Å². The van der Waals surface area contributed by atoms with Crippen LogP contribution >= 0.6 is 0 Å². The quantitative estimate of drug-likeness (QED) is 0.882. The summed E-state index contributed by atoms with van der Waals surface area (Å²) in [4.78, 5) is 23.0. The smallest absolute Gasteiger partial charge is 0.335 e. The van der Waals surface area contributed by atoms with Crippen LogP contribution in [0.5, 0.6) is 0 Å². The SMILES string of the molecule is CC1(C)CC1C(=O)Nc1cc(C(=O)O)cc(S(C)(=O)=O)c1. The third-order valence-electron chi connectivity index (χ3n) is 3.68. The largest absolute Gasteiger partial charge is 0.478 e. The summed E-state index contributed by atoms with van der Waals surface area (Å²) in [7, 11) is -3.56. The van der Waals surface area contributed by atoms with Gasteiger partial charge in [0.15, 0.2) is 9.84 Å². The molecule has 6 nitrogen and oxygen atoms in total. The number of carbonyl (C=O) groups is 2. The maximum absolute atomic E-state index is 12.0. The van der Waals surface area contributed by atoms with Crippen LogP contribution in [0.1, 0.15) is 30.6 Å². The van der Waals surface area contributed by atoms with Gasteiger partial charge in [0, 0.05) is 17.9 Å². The Kier molecular flexibility index (Phi) is 3.57. The molecule has 1 unspecified atom stereocenters. The molecule has 7 heteroatoms. The fourth-order valence-electron chi connectivity index (χ4n) is 2.15. The maximum atomic E-state index is 12.0. The van der Waals surface area contributed by atoms with Gasteiger partial charge in [-0.3, -0.25) is 4.79 Å². The van der Waals surface area contributed by atoms with Crippen molar-refractivity contribution >= 4 is 27.4 Å². The number of hydrogen-bond acceptors (Lipinski definition) is 4. The van der Waals surface area contributed by atoms with Crippen molar-refractivity contribution in [3.05, 3.63) is 23.8 Å². The highest BCUT2D eigenvalue weighted by Gasteiger charge is 2.50. The monoisotopic (exact) mass is 311 g/mol. The summed E-state index contributed by atoms with van der Waals surface area (Å²) < 4.78 is 23.2. The number of carboxylic acid groups (broad SMARTS) is 1. The predicted octanol–water partition coefficient (Wildman–Crippen LogP) is 1.77. The number of carbonyl (C=O) groups excluding carboxylic acids is 1. The van der Waals surface area contributed by atoms with E-state index < -0.39 is 15.8 Å². The zero-order chi connectivity index (χ0) is 16.0. The Morgan fingerprint density at radius 2 is 1.86 bits per heavy atom. The van der Waals surface area contributed by atoms with E-state index in [1.807, 2.05) is 13.8 Å². The molecule has 2 rings (SSSR count). The minimum Gasteiger partial charge on any atom is -0.478 e. The van der Waals surface area contributed by atoms with Gasteiger partial charge in [-0.25, -0.2) is 13.2 Å². The Morgan fingerprint density at radius 1 is 1.29 bits per heavy atom. The minimum absolute atomic E-state index is 0.0614. The van der Waals surface area contributed by atoms with E-state index in [9.17, 15) is 18.0 Å². The molecular formula is C14H17NO5S. The second-order valence-corrected chi connectivity index (χ2v) is 8.07. The number of rotatable bonds is 4. The number of nitrogens with one attached hydrogen (secondary N) is 1. The Hall–Kier alpha value is -1.89. The van der Waals surface area contributed by atoms with Gasteiger partial charge in [0.05, 0.1) is 10.5 Å². The molecule has 0 spiro atoms. The summed E-state index contributed by atoms with van der Waals surface area (Å²) in [6.07, 6.45) is 1.75. The summed E-state index contributed by atoms with van der Waals surface area (Å²) in [5, 5.41) is 11.6. The van der Waals surface area contributed by atoms with Crippen molar-refractivity contribution in [1.82, 2.24) is 0 Å². The number of carboxylic acids is 1. The van der Waals surface area contributed by atoms with Gasteiger partial charge in [-0.15, -0.1) is 0 Å². The van der Waals surface area contributed by atoms with E-state index in [1.54, 1.807) is 0 Å². The Labute approximate surface area is 123 Å². The van der Waals surface area contributed by atoms with Crippen LogP contribution in [0.25, 0.3) is 0 Å². The molecule has 0 bridgehead atoms. The minimum atomic E-state index is -3.56. The lowest BCUT2D eigenvalue weighted by atomic mass is 10.1. The lowest BCUT2D eigenvalue weighted by molar-refractivity contribution is -0.118. The van der Waals surface area contributed by atoms with Crippen LogP contribution in [0, 0.1) is 11.3 Å². The molecule has 2 N–H and O–H groups in total. The molecule has 0 heterocycles. The van der Waals surface area contributed by atoms with Crippen LogP contribution in [0.15, 0.2) is 23.1 Å². The molecule has 21 heavy (non-hydrogen) atoms. The molecule has 114 valence electrons. The van der Waals surface area contributed by atoms with E-state index in [-0.39, 0.29) is 33.4 Å². The van der Waals surface area contributed by atoms with Gasteiger partial charge >= 0.3 is 5.97 Å². The first-order chi connectivity index (χ1) is 9.50. The van der Waals surface area contributed by atoms with Gasteiger partial charge in [-0.1, -0.05) is 13.8 Å². The van der Waals surface area contributed by atoms with Gasteiger partial charge in [0.1, 0.15) is 0 Å². The molecule has 1 aliphatic carbocycles. The number of aromatic carboxylic acids is 1. The molecule has 0 aromatic heterocycles. The van der Waals surface area contributed by atoms with E-state index in [0.29, 0.717) is 0 Å². The van der Waals surface area contributed by atoms with Crippen LogP contribution < -0.4 is 5.32 Å². The molecule has 0 aliphatic heterocycles. The molecule has 1 aromatic rings. The zero-order valence-electron chi connectivity index (χ0n) is 12.0. The third-order valence-corrected chi connectivity index (χ3v) is 4.77. The molecule has 1 aromatic carbocycles. The Balaban J connectivity index is 2.33. The highest BCUT2D eigenvalue weighted by molar-refractivity contribution is 7.90. The lowest BCUT2D eigenvalue weighted by Gasteiger charge is -2.09. The zero-order valence-corrected chi connectivity index (χ0v) is 12.8. The van der Waals surface area contributed by atoms with Gasteiger partial charge in [0.25, 0.3) is 0 Å². The summed E-state index contributed by atoms with van der Waals surface area (Å²) >= 11 is 0. The average Bonchev–Trinajstić information content (AvgIpc) is 2.97.